The molecule has 272 valence electrons. The fraction of sp³-hybridized carbons (Fsp3) is 0.300. The van der Waals surface area contributed by atoms with Gasteiger partial charge in [0, 0.05) is 53.5 Å². The minimum atomic E-state index is -2.90. The summed E-state index contributed by atoms with van der Waals surface area (Å²) in [5, 5.41) is 18.2. The van der Waals surface area contributed by atoms with E-state index < -0.39 is 20.0 Å². The van der Waals surface area contributed by atoms with Crippen LogP contribution >= 0.6 is 11.6 Å². The average molecular weight is 750 g/mol. The van der Waals surface area contributed by atoms with Gasteiger partial charge in [0.25, 0.3) is 11.8 Å². The second-order valence-corrected chi connectivity index (χ2v) is 18.9. The van der Waals surface area contributed by atoms with Gasteiger partial charge in [0.15, 0.2) is 19.7 Å². The van der Waals surface area contributed by atoms with Crippen LogP contribution < -0.4 is 14.5 Å². The van der Waals surface area contributed by atoms with Crippen LogP contribution in [0.1, 0.15) is 40.5 Å². The number of nitrogens with zero attached hydrogens (tertiary/aromatic N) is 5. The van der Waals surface area contributed by atoms with E-state index in [1.807, 2.05) is 92.8 Å². The number of rotatable bonds is 9. The first-order valence-corrected chi connectivity index (χ1v) is 21.2. The third kappa shape index (κ3) is 6.04. The van der Waals surface area contributed by atoms with Gasteiger partial charge in [0.1, 0.15) is 5.75 Å². The topological polar surface area (TPSA) is 130 Å². The smallest absolute Gasteiger partial charge is 0.266 e. The molecule has 0 aliphatic carbocycles. The van der Waals surface area contributed by atoms with Gasteiger partial charge in [0.05, 0.1) is 35.3 Å². The molecule has 2 amide bonds. The lowest BCUT2D eigenvalue weighted by Gasteiger charge is -2.32. The summed E-state index contributed by atoms with van der Waals surface area (Å²) in [6.45, 7) is 6.44. The van der Waals surface area contributed by atoms with Crippen molar-refractivity contribution in [3.05, 3.63) is 125 Å². The highest BCUT2D eigenvalue weighted by Crippen LogP contribution is 2.60. The minimum absolute atomic E-state index is 0.0183. The number of fused-ring (bicyclic) bond motifs is 4. The Morgan fingerprint density at radius 2 is 1.72 bits per heavy atom. The number of carbonyl (C=O) groups excluding carboxylic acids is 2. The van der Waals surface area contributed by atoms with E-state index in [4.69, 9.17) is 21.1 Å². The molecule has 5 aromatic rings. The van der Waals surface area contributed by atoms with E-state index >= 15 is 4.79 Å². The van der Waals surface area contributed by atoms with Gasteiger partial charge >= 0.3 is 0 Å². The predicted molar refractivity (Wildman–Crippen MR) is 203 cm³/mol. The molecule has 53 heavy (non-hydrogen) atoms. The molecule has 13 heteroatoms. The van der Waals surface area contributed by atoms with Crippen molar-refractivity contribution in [2.24, 2.45) is 5.92 Å². The Balaban J connectivity index is 1.14. The van der Waals surface area contributed by atoms with E-state index in [0.717, 1.165) is 5.56 Å². The largest absolute Gasteiger partial charge is 0.454 e. The van der Waals surface area contributed by atoms with Gasteiger partial charge in [-0.3, -0.25) is 19.2 Å². The van der Waals surface area contributed by atoms with Crippen LogP contribution in [0.25, 0.3) is 0 Å². The number of carbonyl (C=O) groups is 2. The molecule has 4 heterocycles. The zero-order chi connectivity index (χ0) is 37.1. The molecule has 3 aliphatic rings. The monoisotopic (exact) mass is 749 g/mol. The average Bonchev–Trinajstić information content (AvgIpc) is 3.75. The molecule has 0 radical (unpaired) electrons. The molecule has 1 saturated heterocycles. The second-order valence-electron chi connectivity index (χ2n) is 14.5. The lowest BCUT2D eigenvalue weighted by atomic mass is 9.82. The standard InChI is InChI=1S/C40H40ClN5O6Si/c1-25-37(53(2,3)50)36(17-19-44-24-28(18-20-47)42-43-44)52-40(25)31-22-27(41)15-16-32(31)45(39(40)49)23-26-9-8-10-29(21-26)46-33-12-5-7-14-35(33)51-34-13-6-4-11-30(34)38(46)48/h4-16,21-22,24-25,36-37,47,50H,17-20,23H2,1-3H3/t25-,36+,37-,40+/m0/s1. The van der Waals surface area contributed by atoms with Gasteiger partial charge < -0.3 is 24.3 Å². The normalized spacial score (nSPS) is 22.1. The Morgan fingerprint density at radius 3 is 2.51 bits per heavy atom. The van der Waals surface area contributed by atoms with Crippen LogP contribution in [0.3, 0.4) is 0 Å². The predicted octanol–water partition coefficient (Wildman–Crippen LogP) is 6.99. The summed E-state index contributed by atoms with van der Waals surface area (Å²) < 4.78 is 14.9. The number of hydrogen-bond donors (Lipinski definition) is 2. The summed E-state index contributed by atoms with van der Waals surface area (Å²) in [6.07, 6.45) is 2.27. The summed E-state index contributed by atoms with van der Waals surface area (Å²) in [6, 6.07) is 27.7. The quantitative estimate of drug-likeness (QED) is 0.154. The van der Waals surface area contributed by atoms with Crippen molar-refractivity contribution < 1.29 is 29.0 Å². The van der Waals surface area contributed by atoms with Gasteiger partial charge in [-0.25, -0.2) is 0 Å². The van der Waals surface area contributed by atoms with E-state index in [9.17, 15) is 14.7 Å². The fourth-order valence-corrected chi connectivity index (χ4v) is 11.2. The van der Waals surface area contributed by atoms with E-state index in [1.54, 1.807) is 38.9 Å². The summed E-state index contributed by atoms with van der Waals surface area (Å²) in [4.78, 5) is 44.3. The SMILES string of the molecule is C[C@H]1[C@H]([Si](C)(C)O)[C@@H](CCn2cc(CCO)nn2)O[C@]12C(=O)N(Cc1cccc(N3C(=O)c4ccccc4Oc4ccccc43)c1)c1ccc(Cl)cc12. The Morgan fingerprint density at radius 1 is 0.943 bits per heavy atom. The molecule has 4 aromatic carbocycles. The molecule has 4 atom stereocenters. The third-order valence-corrected chi connectivity index (χ3v) is 13.4. The Labute approximate surface area is 313 Å². The summed E-state index contributed by atoms with van der Waals surface area (Å²) in [5.74, 6) is 0.224. The lowest BCUT2D eigenvalue weighted by Crippen LogP contribution is -2.46. The van der Waals surface area contributed by atoms with Crippen LogP contribution in [-0.2, 0) is 34.6 Å². The number of amides is 2. The summed E-state index contributed by atoms with van der Waals surface area (Å²) >= 11 is 6.62. The van der Waals surface area contributed by atoms with Crippen molar-refractivity contribution in [3.63, 3.8) is 0 Å². The van der Waals surface area contributed by atoms with Crippen LogP contribution in [0.5, 0.6) is 11.5 Å². The van der Waals surface area contributed by atoms with E-state index in [2.05, 4.69) is 10.3 Å². The first kappa shape index (κ1) is 35.2. The van der Waals surface area contributed by atoms with Gasteiger partial charge in [-0.2, -0.15) is 0 Å². The van der Waals surface area contributed by atoms with Gasteiger partial charge in [-0.05, 0) is 79.7 Å². The van der Waals surface area contributed by atoms with Crippen molar-refractivity contribution in [1.29, 1.82) is 0 Å². The van der Waals surface area contributed by atoms with Crippen LogP contribution in [0.2, 0.25) is 23.7 Å². The van der Waals surface area contributed by atoms with Crippen LogP contribution in [0.15, 0.2) is 97.2 Å². The zero-order valence-corrected chi connectivity index (χ0v) is 31.4. The molecular formula is C40H40ClN5O6Si. The first-order valence-electron chi connectivity index (χ1n) is 17.8. The van der Waals surface area contributed by atoms with Gasteiger partial charge in [-0.1, -0.05) is 60.1 Å². The number of aryl methyl sites for hydroxylation is 1. The van der Waals surface area contributed by atoms with Gasteiger partial charge in [-0.15, -0.1) is 5.10 Å². The van der Waals surface area contributed by atoms with Crippen molar-refractivity contribution in [2.75, 3.05) is 16.4 Å². The number of para-hydroxylation sites is 3. The lowest BCUT2D eigenvalue weighted by molar-refractivity contribution is -0.146. The second kappa shape index (κ2) is 13.5. The molecule has 1 spiro atoms. The fourth-order valence-electron chi connectivity index (χ4n) is 8.45. The van der Waals surface area contributed by atoms with Crippen molar-refractivity contribution in [3.8, 4) is 11.5 Å². The molecule has 1 aromatic heterocycles. The van der Waals surface area contributed by atoms with Crippen LogP contribution in [0, 0.1) is 5.92 Å². The number of hydrogen-bond acceptors (Lipinski definition) is 8. The molecular weight excluding hydrogens is 710 g/mol. The number of benzene rings is 4. The highest BCUT2D eigenvalue weighted by atomic mass is 35.5. The minimum Gasteiger partial charge on any atom is -0.454 e. The molecule has 0 unspecified atom stereocenters. The first-order chi connectivity index (χ1) is 25.5. The Bertz CT molecular complexity index is 2220. The molecule has 2 N–H and O–H groups in total. The molecule has 0 saturated carbocycles. The number of aliphatic hydroxyl groups excluding tert-OH is 1. The van der Waals surface area contributed by atoms with E-state index in [0.29, 0.717) is 69.8 Å². The number of aliphatic hydroxyl groups is 1. The maximum atomic E-state index is 15.0. The van der Waals surface area contributed by atoms with Crippen molar-refractivity contribution >= 4 is 48.8 Å². The summed E-state index contributed by atoms with van der Waals surface area (Å²) in [5.41, 5.74) is 2.90. The number of anilines is 3. The highest BCUT2D eigenvalue weighted by molar-refractivity contribution is 6.71. The molecule has 0 bridgehead atoms. The highest BCUT2D eigenvalue weighted by Gasteiger charge is 2.66. The summed E-state index contributed by atoms with van der Waals surface area (Å²) in [7, 11) is -2.90. The Hall–Kier alpha value is -4.85. The van der Waals surface area contributed by atoms with Crippen molar-refractivity contribution in [1.82, 2.24) is 15.0 Å². The number of aromatic nitrogens is 3. The van der Waals surface area contributed by atoms with Crippen molar-refractivity contribution in [2.45, 2.75) is 63.2 Å². The van der Waals surface area contributed by atoms with Crippen LogP contribution in [-0.4, -0.2) is 57.7 Å². The number of halogens is 1. The van der Waals surface area contributed by atoms with E-state index in [-0.39, 0.29) is 36.4 Å². The van der Waals surface area contributed by atoms with E-state index in [1.165, 1.54) is 0 Å². The van der Waals surface area contributed by atoms with Gasteiger partial charge in [0.2, 0.25) is 0 Å². The molecule has 8 rings (SSSR count). The molecule has 3 aliphatic heterocycles. The zero-order valence-electron chi connectivity index (χ0n) is 29.6. The van der Waals surface area contributed by atoms with Crippen LogP contribution in [0.4, 0.5) is 17.1 Å². The maximum Gasteiger partial charge on any atom is 0.266 e. The number of ether oxygens (including phenoxy) is 2. The maximum absolute atomic E-state index is 15.0. The molecule has 1 fully saturated rings. The molecule has 11 nitrogen and oxygen atoms in total. The third-order valence-electron chi connectivity index (χ3n) is 10.7. The Kier molecular flexibility index (Phi) is 8.98.